The zero-order chi connectivity index (χ0) is 30.9. The van der Waals surface area contributed by atoms with E-state index in [4.69, 9.17) is 9.47 Å². The van der Waals surface area contributed by atoms with E-state index >= 15 is 0 Å². The summed E-state index contributed by atoms with van der Waals surface area (Å²) >= 11 is 0. The van der Waals surface area contributed by atoms with Crippen LogP contribution >= 0.6 is 0 Å². The SMILES string of the molecule is CCCCCCCCCCCCCCOc1ccc(CN(C(C)=O)c2ccc(CC3(C)CN=CC=C3C)cc2)cc1OC. The molecule has 1 atom stereocenters. The van der Waals surface area contributed by atoms with Crippen molar-refractivity contribution in [1.82, 2.24) is 0 Å². The van der Waals surface area contributed by atoms with Gasteiger partial charge in [-0.25, -0.2) is 0 Å². The van der Waals surface area contributed by atoms with Gasteiger partial charge in [0.25, 0.3) is 0 Å². The summed E-state index contributed by atoms with van der Waals surface area (Å²) in [5.41, 5.74) is 4.52. The zero-order valence-corrected chi connectivity index (χ0v) is 27.6. The molecule has 0 aromatic heterocycles. The fourth-order valence-electron chi connectivity index (χ4n) is 5.81. The Labute approximate surface area is 261 Å². The van der Waals surface area contributed by atoms with Crippen LogP contribution in [0.4, 0.5) is 5.69 Å². The number of allylic oxidation sites excluding steroid dienone is 1. The maximum Gasteiger partial charge on any atom is 0.224 e. The van der Waals surface area contributed by atoms with E-state index in [0.717, 1.165) is 36.4 Å². The smallest absolute Gasteiger partial charge is 0.224 e. The highest BCUT2D eigenvalue weighted by atomic mass is 16.5. The summed E-state index contributed by atoms with van der Waals surface area (Å²) in [7, 11) is 1.67. The molecule has 0 saturated heterocycles. The van der Waals surface area contributed by atoms with Crippen LogP contribution < -0.4 is 14.4 Å². The lowest BCUT2D eigenvalue weighted by molar-refractivity contribution is -0.116. The molecule has 5 heteroatoms. The first-order valence-electron chi connectivity index (χ1n) is 16.7. The fraction of sp³-hybridized carbons (Fsp3) is 0.579. The largest absolute Gasteiger partial charge is 0.493 e. The van der Waals surface area contributed by atoms with Crippen molar-refractivity contribution in [3.63, 3.8) is 0 Å². The molecule has 1 unspecified atom stereocenters. The van der Waals surface area contributed by atoms with Gasteiger partial charge in [0.1, 0.15) is 0 Å². The van der Waals surface area contributed by atoms with Crippen molar-refractivity contribution in [3.05, 3.63) is 65.2 Å². The van der Waals surface area contributed by atoms with E-state index < -0.39 is 0 Å². The molecule has 1 heterocycles. The Morgan fingerprint density at radius 3 is 2.05 bits per heavy atom. The van der Waals surface area contributed by atoms with Crippen LogP contribution in [0.2, 0.25) is 0 Å². The third-order valence-electron chi connectivity index (χ3n) is 8.87. The second-order valence-electron chi connectivity index (χ2n) is 12.6. The second-order valence-corrected chi connectivity index (χ2v) is 12.6. The predicted molar refractivity (Wildman–Crippen MR) is 182 cm³/mol. The van der Waals surface area contributed by atoms with Gasteiger partial charge < -0.3 is 14.4 Å². The Morgan fingerprint density at radius 2 is 1.47 bits per heavy atom. The van der Waals surface area contributed by atoms with Crippen LogP contribution in [-0.4, -0.2) is 32.4 Å². The predicted octanol–water partition coefficient (Wildman–Crippen LogP) is 9.91. The van der Waals surface area contributed by atoms with Crippen LogP contribution in [0.15, 0.2) is 59.1 Å². The molecule has 0 fully saturated rings. The Kier molecular flexibility index (Phi) is 14.8. The number of ether oxygens (including phenoxy) is 2. The van der Waals surface area contributed by atoms with E-state index in [1.54, 1.807) is 14.0 Å². The summed E-state index contributed by atoms with van der Waals surface area (Å²) in [5.74, 6) is 1.48. The third kappa shape index (κ3) is 11.5. The first-order chi connectivity index (χ1) is 20.9. The number of methoxy groups -OCH3 is 1. The average molecular weight is 589 g/mol. The van der Waals surface area contributed by atoms with Gasteiger partial charge >= 0.3 is 0 Å². The minimum atomic E-state index is 0.00590. The number of nitrogens with zero attached hydrogens (tertiary/aromatic N) is 2. The highest BCUT2D eigenvalue weighted by molar-refractivity contribution is 5.91. The van der Waals surface area contributed by atoms with Gasteiger partial charge in [0.15, 0.2) is 11.5 Å². The fourth-order valence-corrected chi connectivity index (χ4v) is 5.81. The number of dihydropyridines is 1. The van der Waals surface area contributed by atoms with E-state index in [9.17, 15) is 4.79 Å². The summed E-state index contributed by atoms with van der Waals surface area (Å²) in [4.78, 5) is 19.0. The molecule has 0 radical (unpaired) electrons. The minimum absolute atomic E-state index is 0.00590. The molecule has 2 aromatic rings. The molecule has 43 heavy (non-hydrogen) atoms. The molecular formula is C38H56N2O3. The van der Waals surface area contributed by atoms with Crippen molar-refractivity contribution < 1.29 is 14.3 Å². The maximum absolute atomic E-state index is 12.7. The number of carbonyl (C=O) groups is 1. The van der Waals surface area contributed by atoms with Crippen molar-refractivity contribution in [1.29, 1.82) is 0 Å². The summed E-state index contributed by atoms with van der Waals surface area (Å²) in [6.07, 6.45) is 20.9. The van der Waals surface area contributed by atoms with E-state index in [1.807, 2.05) is 29.3 Å². The summed E-state index contributed by atoms with van der Waals surface area (Å²) in [6, 6.07) is 14.4. The topological polar surface area (TPSA) is 51.1 Å². The quantitative estimate of drug-likeness (QED) is 0.145. The lowest BCUT2D eigenvalue weighted by Gasteiger charge is -2.31. The molecular weight excluding hydrogens is 532 g/mol. The molecule has 0 aliphatic carbocycles. The zero-order valence-electron chi connectivity index (χ0n) is 27.6. The van der Waals surface area contributed by atoms with Crippen LogP contribution in [0.1, 0.15) is 116 Å². The van der Waals surface area contributed by atoms with E-state index in [2.05, 4.69) is 56.1 Å². The Bertz CT molecular complexity index is 1170. The Hall–Kier alpha value is -3.08. The normalized spacial score (nSPS) is 16.2. The monoisotopic (exact) mass is 588 g/mol. The number of rotatable bonds is 20. The highest BCUT2D eigenvalue weighted by Crippen LogP contribution is 2.34. The van der Waals surface area contributed by atoms with Crippen LogP contribution in [0.3, 0.4) is 0 Å². The van der Waals surface area contributed by atoms with Crippen LogP contribution in [0.5, 0.6) is 11.5 Å². The average Bonchev–Trinajstić information content (AvgIpc) is 3.00. The van der Waals surface area contributed by atoms with Gasteiger partial charge in [0, 0.05) is 30.8 Å². The number of carbonyl (C=O) groups excluding carboxylic acids is 1. The van der Waals surface area contributed by atoms with Gasteiger partial charge in [0.05, 0.1) is 20.3 Å². The summed E-state index contributed by atoms with van der Waals surface area (Å²) in [5, 5.41) is 0. The Balaban J connectivity index is 1.44. The number of anilines is 1. The standard InChI is InChI=1S/C38H56N2O3/c1-6-7-8-9-10-11-12-13-14-15-16-17-26-43-36-23-20-34(27-37(36)42-5)29-40(32(3)41)35-21-18-33(19-22-35)28-38(4)30-39-25-24-31(38)2/h18-25,27H,6-17,26,28-30H2,1-5H3. The van der Waals surface area contributed by atoms with Gasteiger partial charge in [-0.1, -0.05) is 108 Å². The van der Waals surface area contributed by atoms with Crippen molar-refractivity contribution in [2.24, 2.45) is 10.4 Å². The number of unbranched alkanes of at least 4 members (excludes halogenated alkanes) is 11. The molecule has 0 saturated carbocycles. The summed E-state index contributed by atoms with van der Waals surface area (Å²) < 4.78 is 11.7. The highest BCUT2D eigenvalue weighted by Gasteiger charge is 2.28. The molecule has 0 spiro atoms. The molecule has 1 amide bonds. The van der Waals surface area contributed by atoms with Gasteiger partial charge in [-0.3, -0.25) is 9.79 Å². The molecule has 0 bridgehead atoms. The first kappa shape index (κ1) is 34.4. The molecule has 1 aliphatic heterocycles. The number of benzene rings is 2. The van der Waals surface area contributed by atoms with E-state index in [-0.39, 0.29) is 11.3 Å². The van der Waals surface area contributed by atoms with Crippen molar-refractivity contribution in [2.45, 2.75) is 118 Å². The van der Waals surface area contributed by atoms with E-state index in [1.165, 1.54) is 81.8 Å². The number of hydrogen-bond acceptors (Lipinski definition) is 4. The number of aliphatic imine (C=N–C) groups is 1. The van der Waals surface area contributed by atoms with Gasteiger partial charge in [0.2, 0.25) is 5.91 Å². The van der Waals surface area contributed by atoms with Crippen LogP contribution in [0, 0.1) is 5.41 Å². The molecule has 0 N–H and O–H groups in total. The van der Waals surface area contributed by atoms with E-state index in [0.29, 0.717) is 18.9 Å². The maximum atomic E-state index is 12.7. The van der Waals surface area contributed by atoms with Crippen LogP contribution in [0.25, 0.3) is 0 Å². The second kappa shape index (κ2) is 18.6. The van der Waals surface area contributed by atoms with Crippen LogP contribution in [-0.2, 0) is 17.8 Å². The molecule has 5 nitrogen and oxygen atoms in total. The Morgan fingerprint density at radius 1 is 0.860 bits per heavy atom. The first-order valence-corrected chi connectivity index (χ1v) is 16.7. The third-order valence-corrected chi connectivity index (χ3v) is 8.87. The number of hydrogen-bond donors (Lipinski definition) is 0. The summed E-state index contributed by atoms with van der Waals surface area (Å²) in [6.45, 7) is 10.3. The van der Waals surface area contributed by atoms with Crippen molar-refractivity contribution >= 4 is 17.8 Å². The van der Waals surface area contributed by atoms with Crippen molar-refractivity contribution in [2.75, 3.05) is 25.2 Å². The van der Waals surface area contributed by atoms with Crippen molar-refractivity contribution in [3.8, 4) is 11.5 Å². The van der Waals surface area contributed by atoms with Gasteiger partial charge in [-0.15, -0.1) is 0 Å². The lowest BCUT2D eigenvalue weighted by Crippen LogP contribution is -2.28. The minimum Gasteiger partial charge on any atom is -0.493 e. The molecule has 236 valence electrons. The molecule has 3 rings (SSSR count). The molecule has 1 aliphatic rings. The lowest BCUT2D eigenvalue weighted by atomic mass is 9.76. The number of amides is 1. The van der Waals surface area contributed by atoms with Gasteiger partial charge in [-0.2, -0.15) is 0 Å². The van der Waals surface area contributed by atoms with Gasteiger partial charge in [-0.05, 0) is 61.2 Å². The molecule has 2 aromatic carbocycles.